The van der Waals surface area contributed by atoms with Crippen molar-refractivity contribution in [3.63, 3.8) is 0 Å². The van der Waals surface area contributed by atoms with Crippen LogP contribution in [-0.4, -0.2) is 363 Å². The Labute approximate surface area is 959 Å². The van der Waals surface area contributed by atoms with E-state index in [-0.39, 0.29) is 457 Å². The molecule has 0 aliphatic carbocycles. The second kappa shape index (κ2) is 53.4. The number of fused-ring (bicyclic) bond motifs is 20. The smallest absolute Gasteiger partial charge is 0.210 e. The molecular formula is C77H120N4O31U10-10. The van der Waals surface area contributed by atoms with Crippen molar-refractivity contribution >= 4 is 6.29 Å². The molecule has 20 fully saturated rings. The Hall–Kier alpha value is 8.83. The SMILES string of the molecule is CCOC[C@@]12CO[C@@H]([CH-]O1)[C@@H]2C.CC[C@@]12CO[C@@H]([CH-]O1)[C@@H]2C=O.CC[C@@]12CO[C@@H]([CH-]O1)[C@@H]2CN(C)OC[C@@]12CO[C@@H]([CH-]O1)[C@@H]2C.CC[C@@]12CO[C@@H]([CH-]O1)[C@@H]2CN(C)OC[C@@]12CO[C@@H]([CH-]O1)[C@@H]2O.CN(C[C@H]1[C@@H]2[CH-]O[C@@]1(CO)CO2)OC[C@@]12CO[C@@H]([CH-]O1)[C@@H]2O.[2H]C[C@@]12CO[C@@H]([CH-]O1)[C@@H]2CN(C)OC[C@@]12CO[C@@H]([CH-]O1)[C@@H]2O.[3H]OC.[U].[U].[U].[U].[U].[U].[U].[U].[U].[U]. The maximum atomic E-state index is 10.7. The number of carbonyl (C=O) groups is 1. The minimum absolute atomic E-state index is 0. The number of nitrogens with zero attached hydrogens (tertiary/aromatic N) is 4. The Morgan fingerprint density at radius 2 is 0.639 bits per heavy atom. The molecule has 20 saturated heterocycles. The summed E-state index contributed by atoms with van der Waals surface area (Å²) in [5.74, 6) is 1.35. The molecule has 45 heteroatoms. The van der Waals surface area contributed by atoms with Gasteiger partial charge in [-0.3, -0.25) is 19.4 Å². The van der Waals surface area contributed by atoms with Crippen molar-refractivity contribution in [2.45, 2.75) is 203 Å². The van der Waals surface area contributed by atoms with Gasteiger partial charge in [0.25, 0.3) is 0 Å². The largest absolute Gasteiger partial charge is 0.543 e. The fraction of sp³-hybridized carbons (Fsp3) is 0.857. The summed E-state index contributed by atoms with van der Waals surface area (Å²) in [5.41, 5.74) is -4.84. The molecule has 20 bridgehead atoms. The van der Waals surface area contributed by atoms with Gasteiger partial charge in [-0.05, 0) is 106 Å². The van der Waals surface area contributed by atoms with Gasteiger partial charge >= 0.3 is 0 Å². The molecule has 20 aliphatic heterocycles. The van der Waals surface area contributed by atoms with Crippen molar-refractivity contribution in [1.29, 1.82) is 1.43 Å². The third-order valence-electron chi connectivity index (χ3n) is 26.7. The minimum Gasteiger partial charge on any atom is -0.543 e. The van der Waals surface area contributed by atoms with E-state index < -0.39 is 46.3 Å². The molecule has 0 aromatic carbocycles. The van der Waals surface area contributed by atoms with Gasteiger partial charge in [-0.25, -0.2) is 0 Å². The summed E-state index contributed by atoms with van der Waals surface area (Å²) in [6, 6.07) is 0. The van der Waals surface area contributed by atoms with Gasteiger partial charge in [0.15, 0.2) is 0 Å². The quantitative estimate of drug-likeness (QED) is 0.0396. The molecule has 0 spiro atoms. The van der Waals surface area contributed by atoms with Crippen molar-refractivity contribution < 1.29 is 462 Å². The first-order valence-corrected chi connectivity index (χ1v) is 39.5. The number of rotatable bonds is 28. The third-order valence-corrected chi connectivity index (χ3v) is 26.7. The standard InChI is InChI=1S/C16H25NO5.C15H23NO6.C14H21NO7.C14H21NO6.C9H15O3.C8H11O3.CH4O.10U/c1-4-15-8-19-14(7-20-15)12(15)5-17(3)22-10-16-9-18-13(6-21-16)11(16)2;1-3-14-7-18-11(5-20-14)10(14)4-16(2)22-9-15-8-19-12(6-21-15)13(15)17;1-15(2-9-10-3-20-13(9,5-16)6-18-10)22-8-14-7-19-11(4-21-14)12(14)17;1-13-6-17-10(4-19-13)9(13)3-15(2)21-8-14-7-18-11(5-20-14)12(14)16;1-3-10-5-9-6-11-8(4-12-9)7(9)2;1-2-8-5-10-7(4-11-8)6(8)3-9;1-2;;;;;;;;;;/h6-7,11-14H,4-5,8-10H2,1-3H3;5-6,10-13,17H,3-4,7-9H2,1-2H3;3-4,9-12,16-17H,2,5-8H2,1H3;4-5,9-12,16H,3,6-8H2,1-2H3;4,7-8H,3,5-6H2,1-2H3;3-4,6-7H,2,5H2,1H3;2H,1H3;;;;;;;;;;/q4*-2;2*-1;;;;;;;;;;;/t11-,12-,13-,14-,15-,16+;10-,11-,12-,13-,14-,15+;2*9-,10-,11-,12-,13-,14+;7-,8-,9-;6-,7-,8-;;;;;;;;;;;/m000000.........../s1/i;;;1D;;;2T;;;;;;;;;;. The number of hydrogen-bond acceptors (Lipinski definition) is 35. The van der Waals surface area contributed by atoms with Crippen molar-refractivity contribution in [3.05, 3.63) is 66.1 Å². The van der Waals surface area contributed by atoms with Crippen LogP contribution in [0.1, 0.15) is 69.1 Å². The number of aliphatic hydroxyl groups excluding tert-OH is 5. The summed E-state index contributed by atoms with van der Waals surface area (Å²) in [5, 5.41) is 50.5. The summed E-state index contributed by atoms with van der Waals surface area (Å²) in [6.45, 7) is 39.7. The number of hydroxylamine groups is 8. The zero-order valence-corrected chi connectivity index (χ0v) is 113. The van der Waals surface area contributed by atoms with Crippen LogP contribution in [-0.2, 0) is 124 Å². The van der Waals surface area contributed by atoms with E-state index in [2.05, 4.69) is 32.8 Å². The van der Waals surface area contributed by atoms with Crippen LogP contribution in [0.2, 0.25) is 0 Å². The van der Waals surface area contributed by atoms with Crippen LogP contribution in [0.4, 0.5) is 0 Å². The topological polar surface area (TPSA) is 362 Å². The van der Waals surface area contributed by atoms with E-state index in [9.17, 15) is 25.2 Å². The van der Waals surface area contributed by atoms with Gasteiger partial charge in [0, 0.05) is 410 Å². The average molecular weight is 3980 g/mol. The van der Waals surface area contributed by atoms with Gasteiger partial charge in [0.05, 0.1) is 163 Å². The predicted molar refractivity (Wildman–Crippen MR) is 381 cm³/mol. The Balaban J connectivity index is 0.000000310. The normalized spacial score (nSPS) is 44.8. The summed E-state index contributed by atoms with van der Waals surface area (Å²) >= 11 is 0. The van der Waals surface area contributed by atoms with Gasteiger partial charge in [-0.2, -0.15) is 86.3 Å². The second-order valence-corrected chi connectivity index (χ2v) is 33.1. The van der Waals surface area contributed by atoms with Crippen molar-refractivity contribution in [3.8, 4) is 0 Å². The first-order chi connectivity index (χ1) is 54.9. The van der Waals surface area contributed by atoms with Gasteiger partial charge in [0.1, 0.15) is 23.1 Å². The average Bonchev–Trinajstić information content (AvgIpc) is 1.60. The van der Waals surface area contributed by atoms with Crippen molar-refractivity contribution in [2.75, 3.05) is 174 Å². The molecule has 0 saturated carbocycles. The first kappa shape index (κ1) is 120. The molecule has 20 rings (SSSR count). The fourth-order valence-corrected chi connectivity index (χ4v) is 18.2. The molecule has 5 N–H and O–H groups in total. The molecule has 0 aromatic heterocycles. The van der Waals surface area contributed by atoms with Gasteiger partial charge in [-0.15, -0.1) is 0 Å². The Morgan fingerprint density at radius 1 is 0.377 bits per heavy atom. The monoisotopic (exact) mass is 3980 g/mol. The number of aliphatic hydroxyl groups is 5. The van der Waals surface area contributed by atoms with Gasteiger partial charge < -0.3 is 130 Å². The third kappa shape index (κ3) is 25.4. The molecule has 30 atom stereocenters. The molecular weight excluding hydrogens is 3860 g/mol. The molecule has 20 heterocycles. The van der Waals surface area contributed by atoms with Crippen LogP contribution >= 0.6 is 0 Å². The van der Waals surface area contributed by atoms with E-state index in [1.165, 1.54) is 20.3 Å². The van der Waals surface area contributed by atoms with Crippen LogP contribution < -0.4 is 0 Å². The van der Waals surface area contributed by atoms with E-state index >= 15 is 0 Å². The molecule has 684 valence electrons. The molecule has 20 aliphatic rings. The Bertz CT molecular complexity index is 2750. The van der Waals surface area contributed by atoms with E-state index in [0.29, 0.717) is 117 Å². The number of ether oxygens (including phenoxy) is 21. The van der Waals surface area contributed by atoms with Crippen LogP contribution in [0, 0.1) is 419 Å². The summed E-state index contributed by atoms with van der Waals surface area (Å²) in [6.07, 6.45) is 0.639. The molecule has 35 nitrogen and oxygen atoms in total. The zero-order chi connectivity index (χ0) is 80.7. The van der Waals surface area contributed by atoms with Crippen LogP contribution in [0.15, 0.2) is 0 Å². The Kier molecular flexibility index (Phi) is 52.3. The summed E-state index contributed by atoms with van der Waals surface area (Å²) < 4.78 is 131. The van der Waals surface area contributed by atoms with Crippen LogP contribution in [0.5, 0.6) is 0 Å². The van der Waals surface area contributed by atoms with Crippen LogP contribution in [0.25, 0.3) is 0 Å². The maximum absolute atomic E-state index is 10.7. The van der Waals surface area contributed by atoms with Crippen molar-refractivity contribution in [1.82, 2.24) is 20.3 Å². The molecule has 0 aromatic rings. The zero-order valence-electron chi connectivity index (χ0n) is 73.2. The molecule has 0 unspecified atom stereocenters. The van der Waals surface area contributed by atoms with E-state index in [1.807, 2.05) is 46.7 Å². The molecule has 122 heavy (non-hydrogen) atoms. The van der Waals surface area contributed by atoms with Crippen LogP contribution in [0.3, 0.4) is 0 Å². The minimum atomic E-state index is -0.818. The number of aldehydes is 1. The van der Waals surface area contributed by atoms with Gasteiger partial charge in [-0.1, -0.05) is 34.6 Å². The molecule has 0 amide bonds. The Morgan fingerprint density at radius 3 is 0.902 bits per heavy atom. The van der Waals surface area contributed by atoms with E-state index in [1.54, 1.807) is 68.5 Å². The van der Waals surface area contributed by atoms with E-state index in [0.717, 1.165) is 38.7 Å². The number of carbonyl (C=O) groups excluding carboxylic acids is 1. The maximum Gasteiger partial charge on any atom is 0.210 e. The second-order valence-electron chi connectivity index (χ2n) is 33.1. The van der Waals surface area contributed by atoms with Crippen molar-refractivity contribution in [2.24, 2.45) is 41.4 Å². The summed E-state index contributed by atoms with van der Waals surface area (Å²) in [4.78, 5) is 33.9. The predicted octanol–water partition coefficient (Wildman–Crippen LogP) is 0.190. The van der Waals surface area contributed by atoms with E-state index in [4.69, 9.17) is 122 Å². The first-order valence-electron chi connectivity index (χ1n) is 40.6. The fourth-order valence-electron chi connectivity index (χ4n) is 18.2. The van der Waals surface area contributed by atoms with Gasteiger partial charge in [0.2, 0.25) is 1.43 Å². The summed E-state index contributed by atoms with van der Waals surface area (Å²) in [7, 11) is 8.77. The molecule has 0 radical (unpaired) electrons. The number of hydrogen-bond donors (Lipinski definition) is 5.